The normalized spacial score (nSPS) is 18.2. The Labute approximate surface area is 316 Å². The summed E-state index contributed by atoms with van der Waals surface area (Å²) in [5.74, 6) is -3.21. The Morgan fingerprint density at radius 2 is 1.73 bits per heavy atom. The Hall–Kier alpha value is -3.17. The van der Waals surface area contributed by atoms with Gasteiger partial charge in [-0.2, -0.15) is 13.2 Å². The Balaban J connectivity index is 1.74. The van der Waals surface area contributed by atoms with E-state index in [0.29, 0.717) is 29.6 Å². The number of carbonyl (C=O) groups is 4. The van der Waals surface area contributed by atoms with Crippen LogP contribution in [0.25, 0.3) is 17.0 Å². The van der Waals surface area contributed by atoms with E-state index in [1.54, 1.807) is 51.1 Å². The van der Waals surface area contributed by atoms with Crippen molar-refractivity contribution in [3.05, 3.63) is 47.7 Å². The highest BCUT2D eigenvalue weighted by Gasteiger charge is 2.50. The molecule has 2 aromatic rings. The Morgan fingerprint density at radius 1 is 1.08 bits per heavy atom. The first-order valence-electron chi connectivity index (χ1n) is 16.7. The number of rotatable bonds is 13. The van der Waals surface area contributed by atoms with Gasteiger partial charge in [0.2, 0.25) is 9.70 Å². The van der Waals surface area contributed by atoms with Crippen LogP contribution in [0.2, 0.25) is 0 Å². The van der Waals surface area contributed by atoms with Gasteiger partial charge in [-0.3, -0.25) is 29.5 Å². The average molecular weight is 795 g/mol. The number of benzene rings is 1. The summed E-state index contributed by atoms with van der Waals surface area (Å²) in [6, 6.07) is 3.23. The average Bonchev–Trinajstić information content (AvgIpc) is 3.04. The van der Waals surface area contributed by atoms with E-state index in [0.717, 1.165) is 10.4 Å². The number of esters is 2. The number of amides is 2. The van der Waals surface area contributed by atoms with E-state index in [-0.39, 0.29) is 6.54 Å². The molecular formula is C35H45Cl3F3N5O6. The second-order valence-corrected chi connectivity index (χ2v) is 16.2. The molecule has 5 atom stereocenters. The summed E-state index contributed by atoms with van der Waals surface area (Å²) in [4.78, 5) is 55.1. The van der Waals surface area contributed by atoms with E-state index in [9.17, 15) is 32.3 Å². The Kier molecular flexibility index (Phi) is 14.8. The zero-order chi connectivity index (χ0) is 39.2. The maximum atomic E-state index is 14.7. The van der Waals surface area contributed by atoms with Crippen molar-refractivity contribution in [2.75, 3.05) is 13.2 Å². The smallest absolute Gasteiger partial charge is 0.404 e. The van der Waals surface area contributed by atoms with Crippen LogP contribution in [0.5, 0.6) is 0 Å². The lowest BCUT2D eigenvalue weighted by Gasteiger charge is -2.38. The van der Waals surface area contributed by atoms with Gasteiger partial charge in [-0.25, -0.2) is 10.4 Å². The highest BCUT2D eigenvalue weighted by Crippen LogP contribution is 2.36. The number of hydrogen-bond donors (Lipinski definition) is 3. The summed E-state index contributed by atoms with van der Waals surface area (Å²) >= 11 is 16.9. The maximum Gasteiger partial charge on any atom is 0.404 e. The summed E-state index contributed by atoms with van der Waals surface area (Å²) < 4.78 is 52.5. The van der Waals surface area contributed by atoms with Crippen LogP contribution in [0.4, 0.5) is 13.2 Å². The van der Waals surface area contributed by atoms with E-state index in [2.05, 4.69) is 21.0 Å². The Morgan fingerprint density at radius 3 is 2.33 bits per heavy atom. The van der Waals surface area contributed by atoms with Gasteiger partial charge in [-0.1, -0.05) is 92.8 Å². The molecule has 0 bridgehead atoms. The fourth-order valence-corrected chi connectivity index (χ4v) is 5.81. The van der Waals surface area contributed by atoms with Crippen LogP contribution in [-0.2, 0) is 28.7 Å². The second kappa shape index (κ2) is 17.8. The number of fused-ring (bicyclic) bond motifs is 1. The zero-order valence-corrected chi connectivity index (χ0v) is 32.2. The number of nitrogens with zero attached hydrogens (tertiary/aromatic N) is 2. The van der Waals surface area contributed by atoms with Crippen molar-refractivity contribution in [1.82, 2.24) is 26.1 Å². The highest BCUT2D eigenvalue weighted by atomic mass is 35.6. The second-order valence-electron chi connectivity index (χ2n) is 13.7. The predicted octanol–water partition coefficient (Wildman–Crippen LogP) is 6.36. The molecule has 1 aliphatic heterocycles. The number of hydrogen-bond acceptors (Lipinski definition) is 9. The fraction of sp³-hybridized carbons (Fsp3) is 0.571. The molecule has 288 valence electrons. The molecule has 0 saturated carbocycles. The number of halogens is 6. The van der Waals surface area contributed by atoms with Crippen molar-refractivity contribution in [3.8, 4) is 0 Å². The molecule has 1 aromatic carbocycles. The van der Waals surface area contributed by atoms with Gasteiger partial charge in [0.05, 0.1) is 17.3 Å². The van der Waals surface area contributed by atoms with Gasteiger partial charge in [-0.15, -0.1) is 0 Å². The summed E-state index contributed by atoms with van der Waals surface area (Å²) in [6.07, 6.45) is -1.62. The van der Waals surface area contributed by atoms with Crippen LogP contribution in [0.15, 0.2) is 36.4 Å². The SMILES string of the molecule is CC(=O)O[C@H](C)c1ccc2ccc(/C=C/C(C)(C)[C@@H](N[C@H](C(=O)N[C@@H](C)C(=O)N3CCC[C@@H](C(=O)OCC(Cl)(Cl)Cl)N3)C(C)C)C(F)(F)F)cc2n1. The molecule has 11 nitrogen and oxygen atoms in total. The molecule has 1 fully saturated rings. The van der Waals surface area contributed by atoms with E-state index >= 15 is 0 Å². The van der Waals surface area contributed by atoms with Crippen molar-refractivity contribution < 1.29 is 41.8 Å². The number of pyridine rings is 1. The van der Waals surface area contributed by atoms with Crippen LogP contribution in [0.1, 0.15) is 78.7 Å². The summed E-state index contributed by atoms with van der Waals surface area (Å²) in [6.45, 7) is 10.1. The molecule has 2 amide bonds. The van der Waals surface area contributed by atoms with Crippen LogP contribution in [-0.4, -0.2) is 81.0 Å². The molecule has 0 unspecified atom stereocenters. The molecule has 0 radical (unpaired) electrons. The topological polar surface area (TPSA) is 139 Å². The number of alkyl halides is 6. The number of carbonyl (C=O) groups excluding carboxylic acids is 4. The quantitative estimate of drug-likeness (QED) is 0.156. The van der Waals surface area contributed by atoms with Crippen molar-refractivity contribution in [2.24, 2.45) is 11.3 Å². The van der Waals surface area contributed by atoms with Gasteiger partial charge in [0.15, 0.2) is 0 Å². The molecule has 3 N–H and O–H groups in total. The van der Waals surface area contributed by atoms with Crippen molar-refractivity contribution in [2.45, 2.75) is 102 Å². The lowest BCUT2D eigenvalue weighted by molar-refractivity contribution is -0.177. The third-order valence-electron chi connectivity index (χ3n) is 8.41. The third-order valence-corrected chi connectivity index (χ3v) is 8.74. The molecule has 1 saturated heterocycles. The molecule has 0 spiro atoms. The lowest BCUT2D eigenvalue weighted by Crippen LogP contribution is -2.63. The Bertz CT molecular complexity index is 1640. The van der Waals surface area contributed by atoms with E-state index in [4.69, 9.17) is 44.3 Å². The standard InChI is InChI=1S/C35H45Cl3F3N5O6/c1-19(2)28(29(48)42-20(3)30(49)46-16-8-9-26(45-46)31(50)51-18-34(36,37)38)44-32(35(39,40)41)33(6,7)15-14-23-10-11-24-12-13-25(43-27(24)17-23)21(4)52-22(5)47/h10-15,17,19-21,26,28,32,44-45H,8-9,16,18H2,1-7H3,(H,42,48)/b15-14+/t20-,21+,26-,28-,32+/m0/s1. The molecular weight excluding hydrogens is 750 g/mol. The zero-order valence-electron chi connectivity index (χ0n) is 29.9. The predicted molar refractivity (Wildman–Crippen MR) is 193 cm³/mol. The largest absolute Gasteiger partial charge is 0.460 e. The van der Waals surface area contributed by atoms with Crippen LogP contribution in [0, 0.1) is 11.3 Å². The van der Waals surface area contributed by atoms with Crippen LogP contribution in [0.3, 0.4) is 0 Å². The minimum absolute atomic E-state index is 0.206. The maximum absolute atomic E-state index is 14.7. The molecule has 3 rings (SSSR count). The van der Waals surface area contributed by atoms with E-state index < -0.39 is 81.9 Å². The molecule has 1 aliphatic rings. The minimum Gasteiger partial charge on any atom is -0.460 e. The first kappa shape index (κ1) is 43.2. The number of aromatic nitrogens is 1. The van der Waals surface area contributed by atoms with Gasteiger partial charge in [0.25, 0.3) is 5.91 Å². The monoisotopic (exact) mass is 793 g/mol. The highest BCUT2D eigenvalue weighted by molar-refractivity contribution is 6.67. The summed E-state index contributed by atoms with van der Waals surface area (Å²) in [5.41, 5.74) is 2.87. The first-order chi connectivity index (χ1) is 24.0. The fourth-order valence-electron chi connectivity index (χ4n) is 5.65. The van der Waals surface area contributed by atoms with Crippen molar-refractivity contribution in [1.29, 1.82) is 0 Å². The molecule has 1 aromatic heterocycles. The first-order valence-corrected chi connectivity index (χ1v) is 17.8. The van der Waals surface area contributed by atoms with Crippen LogP contribution >= 0.6 is 34.8 Å². The van der Waals surface area contributed by atoms with E-state index in [1.807, 2.05) is 6.07 Å². The lowest BCUT2D eigenvalue weighted by atomic mass is 9.82. The summed E-state index contributed by atoms with van der Waals surface area (Å²) in [5, 5.41) is 7.01. The van der Waals surface area contributed by atoms with Gasteiger partial charge in [0.1, 0.15) is 30.8 Å². The van der Waals surface area contributed by atoms with Crippen molar-refractivity contribution in [3.63, 3.8) is 0 Å². The minimum atomic E-state index is -4.77. The molecule has 52 heavy (non-hydrogen) atoms. The van der Waals surface area contributed by atoms with Gasteiger partial charge in [0, 0.05) is 24.3 Å². The van der Waals surface area contributed by atoms with Gasteiger partial charge in [-0.05, 0) is 50.3 Å². The van der Waals surface area contributed by atoms with Gasteiger partial charge >= 0.3 is 18.1 Å². The third kappa shape index (κ3) is 12.5. The van der Waals surface area contributed by atoms with Crippen molar-refractivity contribution >= 4 is 75.5 Å². The molecule has 2 heterocycles. The van der Waals surface area contributed by atoms with E-state index in [1.165, 1.54) is 33.8 Å². The molecule has 17 heteroatoms. The molecule has 0 aliphatic carbocycles. The summed E-state index contributed by atoms with van der Waals surface area (Å²) in [7, 11) is 0. The van der Waals surface area contributed by atoms with Gasteiger partial charge < -0.3 is 14.8 Å². The number of nitrogens with one attached hydrogen (secondary N) is 3. The number of hydrazine groups is 1. The van der Waals surface area contributed by atoms with Crippen LogP contribution < -0.4 is 16.1 Å². The number of ether oxygens (including phenoxy) is 2.